The SMILES string of the molecule is O=C1CCC(N2Cc3cc(OC4CCN(Cc5ccc6nc(C7CCOCC7)ncc6c5F)C4)ccc3C2=O)C(=O)N1. The maximum absolute atomic E-state index is 15.5. The summed E-state index contributed by atoms with van der Waals surface area (Å²) in [6.45, 7) is 3.59. The minimum absolute atomic E-state index is 0.0692. The lowest BCUT2D eigenvalue weighted by molar-refractivity contribution is -0.136. The normalized spacial score (nSPS) is 23.5. The molecule has 10 nitrogen and oxygen atoms in total. The fourth-order valence-electron chi connectivity index (χ4n) is 6.50. The number of halogens is 1. The van der Waals surface area contributed by atoms with Gasteiger partial charge < -0.3 is 14.4 Å². The van der Waals surface area contributed by atoms with E-state index in [-0.39, 0.29) is 36.1 Å². The van der Waals surface area contributed by atoms with Crippen LogP contribution in [0.3, 0.4) is 0 Å². The molecule has 2 unspecified atom stereocenters. The van der Waals surface area contributed by atoms with Gasteiger partial charge in [-0.1, -0.05) is 6.07 Å². The van der Waals surface area contributed by atoms with Gasteiger partial charge in [-0.3, -0.25) is 24.6 Å². The predicted octanol–water partition coefficient (Wildman–Crippen LogP) is 3.08. The van der Waals surface area contributed by atoms with E-state index in [1.165, 1.54) is 4.90 Å². The number of hydrogen-bond donors (Lipinski definition) is 1. The summed E-state index contributed by atoms with van der Waals surface area (Å²) >= 11 is 0. The van der Waals surface area contributed by atoms with Crippen molar-refractivity contribution >= 4 is 28.6 Å². The summed E-state index contributed by atoms with van der Waals surface area (Å²) in [4.78, 5) is 49.7. The topological polar surface area (TPSA) is 114 Å². The summed E-state index contributed by atoms with van der Waals surface area (Å²) in [5, 5.41) is 2.77. The number of carbonyl (C=O) groups is 3. The monoisotopic (exact) mass is 573 g/mol. The summed E-state index contributed by atoms with van der Waals surface area (Å²) in [5.74, 6) is 0.455. The Kier molecular flexibility index (Phi) is 7.07. The Labute approximate surface area is 242 Å². The zero-order valence-electron chi connectivity index (χ0n) is 23.2. The number of amides is 3. The van der Waals surface area contributed by atoms with Crippen molar-refractivity contribution in [1.82, 2.24) is 25.1 Å². The van der Waals surface area contributed by atoms with E-state index in [0.29, 0.717) is 67.0 Å². The largest absolute Gasteiger partial charge is 0.489 e. The molecule has 3 fully saturated rings. The van der Waals surface area contributed by atoms with Crippen molar-refractivity contribution in [3.8, 4) is 5.75 Å². The average molecular weight is 574 g/mol. The zero-order valence-corrected chi connectivity index (χ0v) is 23.2. The van der Waals surface area contributed by atoms with Crippen LogP contribution in [0, 0.1) is 5.82 Å². The first-order valence-corrected chi connectivity index (χ1v) is 14.6. The highest BCUT2D eigenvalue weighted by molar-refractivity contribution is 6.05. The van der Waals surface area contributed by atoms with Crippen molar-refractivity contribution < 1.29 is 28.2 Å². The molecule has 0 radical (unpaired) electrons. The molecule has 11 heteroatoms. The number of benzene rings is 2. The minimum Gasteiger partial charge on any atom is -0.489 e. The number of hydrogen-bond acceptors (Lipinski definition) is 8. The highest BCUT2D eigenvalue weighted by Crippen LogP contribution is 2.32. The van der Waals surface area contributed by atoms with Crippen molar-refractivity contribution in [3.63, 3.8) is 0 Å². The number of fused-ring (bicyclic) bond motifs is 2. The van der Waals surface area contributed by atoms with Crippen molar-refractivity contribution in [3.05, 3.63) is 64.9 Å². The third-order valence-corrected chi connectivity index (χ3v) is 8.80. The highest BCUT2D eigenvalue weighted by Gasteiger charge is 2.39. The fraction of sp³-hybridized carbons (Fsp3) is 0.452. The number of imide groups is 1. The standard InChI is InChI=1S/C31H32FN5O5/c32-28-19(1-4-25-24(28)14-33-29(34-25)18-8-11-41-12-9-18)15-36-10-7-22(17-36)42-21-2-3-23-20(13-21)16-37(31(23)40)26-5-6-27(38)35-30(26)39/h1-4,13-14,18,22,26H,5-12,15-17H2,(H,35,38,39). The van der Waals surface area contributed by atoms with Crippen LogP contribution in [-0.4, -0.2) is 75.9 Å². The van der Waals surface area contributed by atoms with Crippen LogP contribution in [0.4, 0.5) is 4.39 Å². The fourth-order valence-corrected chi connectivity index (χ4v) is 6.50. The third-order valence-electron chi connectivity index (χ3n) is 8.80. The molecule has 2 aromatic carbocycles. The van der Waals surface area contributed by atoms with Crippen LogP contribution in [0.5, 0.6) is 5.75 Å². The van der Waals surface area contributed by atoms with Crippen molar-refractivity contribution in [2.45, 2.75) is 63.3 Å². The summed E-state index contributed by atoms with van der Waals surface area (Å²) in [6, 6.07) is 8.44. The predicted molar refractivity (Wildman–Crippen MR) is 149 cm³/mol. The first-order chi connectivity index (χ1) is 20.4. The van der Waals surface area contributed by atoms with Gasteiger partial charge in [0, 0.05) is 69.1 Å². The molecular formula is C31H32FN5O5. The van der Waals surface area contributed by atoms with Crippen LogP contribution in [0.1, 0.15) is 65.3 Å². The molecule has 0 aliphatic carbocycles. The molecule has 0 bridgehead atoms. The van der Waals surface area contributed by atoms with Gasteiger partial charge >= 0.3 is 0 Å². The van der Waals surface area contributed by atoms with Crippen LogP contribution in [0.15, 0.2) is 36.5 Å². The Hall–Kier alpha value is -3.96. The van der Waals surface area contributed by atoms with Gasteiger partial charge in [0.1, 0.15) is 29.5 Å². The maximum atomic E-state index is 15.5. The van der Waals surface area contributed by atoms with Gasteiger partial charge in [-0.05, 0) is 55.5 Å². The van der Waals surface area contributed by atoms with Gasteiger partial charge in [0.05, 0.1) is 10.9 Å². The molecule has 0 spiro atoms. The Morgan fingerprint density at radius 2 is 1.93 bits per heavy atom. The molecule has 5 heterocycles. The Morgan fingerprint density at radius 3 is 2.76 bits per heavy atom. The Morgan fingerprint density at radius 1 is 1.07 bits per heavy atom. The zero-order chi connectivity index (χ0) is 28.8. The molecule has 4 aliphatic rings. The van der Waals surface area contributed by atoms with Gasteiger partial charge in [-0.2, -0.15) is 0 Å². The second-order valence-corrected chi connectivity index (χ2v) is 11.6. The molecule has 3 aromatic rings. The summed E-state index contributed by atoms with van der Waals surface area (Å²) in [6.07, 6.45) is 4.65. The Bertz CT molecular complexity index is 1570. The number of carbonyl (C=O) groups excluding carboxylic acids is 3. The van der Waals surface area contributed by atoms with Crippen molar-refractivity contribution in [2.75, 3.05) is 26.3 Å². The number of nitrogens with zero attached hydrogens (tertiary/aromatic N) is 4. The Balaban J connectivity index is 0.979. The van der Waals surface area contributed by atoms with Gasteiger partial charge in [0.15, 0.2) is 0 Å². The summed E-state index contributed by atoms with van der Waals surface area (Å²) in [7, 11) is 0. The molecule has 3 saturated heterocycles. The van der Waals surface area contributed by atoms with E-state index >= 15 is 4.39 Å². The molecule has 42 heavy (non-hydrogen) atoms. The molecule has 4 aliphatic heterocycles. The molecular weight excluding hydrogens is 541 g/mol. The quantitative estimate of drug-likeness (QED) is 0.448. The van der Waals surface area contributed by atoms with Crippen molar-refractivity contribution in [1.29, 1.82) is 0 Å². The lowest BCUT2D eigenvalue weighted by Crippen LogP contribution is -2.52. The number of piperidine rings is 1. The number of rotatable bonds is 6. The van der Waals surface area contributed by atoms with E-state index in [1.807, 2.05) is 18.2 Å². The lowest BCUT2D eigenvalue weighted by atomic mass is 9.99. The molecule has 1 aromatic heterocycles. The second-order valence-electron chi connectivity index (χ2n) is 11.6. The van der Waals surface area contributed by atoms with Crippen LogP contribution in [0.25, 0.3) is 10.9 Å². The molecule has 3 amide bonds. The van der Waals surface area contributed by atoms with Crippen molar-refractivity contribution in [2.24, 2.45) is 0 Å². The first kappa shape index (κ1) is 26.9. The maximum Gasteiger partial charge on any atom is 0.255 e. The minimum atomic E-state index is -0.647. The van der Waals surface area contributed by atoms with Crippen LogP contribution >= 0.6 is 0 Å². The van der Waals surface area contributed by atoms with Crippen LogP contribution in [-0.2, 0) is 27.4 Å². The second kappa shape index (κ2) is 11.0. The lowest BCUT2D eigenvalue weighted by Gasteiger charge is -2.29. The third kappa shape index (κ3) is 5.11. The smallest absolute Gasteiger partial charge is 0.255 e. The van der Waals surface area contributed by atoms with E-state index in [4.69, 9.17) is 9.47 Å². The van der Waals surface area contributed by atoms with E-state index in [9.17, 15) is 14.4 Å². The van der Waals surface area contributed by atoms with Gasteiger partial charge in [0.25, 0.3) is 5.91 Å². The average Bonchev–Trinajstić information content (AvgIpc) is 3.58. The molecule has 218 valence electrons. The first-order valence-electron chi connectivity index (χ1n) is 14.6. The number of nitrogens with one attached hydrogen (secondary N) is 1. The van der Waals surface area contributed by atoms with Gasteiger partial charge in [-0.25, -0.2) is 14.4 Å². The van der Waals surface area contributed by atoms with Gasteiger partial charge in [-0.15, -0.1) is 0 Å². The summed E-state index contributed by atoms with van der Waals surface area (Å²) in [5.41, 5.74) is 2.59. The molecule has 0 saturated carbocycles. The molecule has 7 rings (SSSR count). The number of ether oxygens (including phenoxy) is 2. The summed E-state index contributed by atoms with van der Waals surface area (Å²) < 4.78 is 27.2. The molecule has 2 atom stereocenters. The van der Waals surface area contributed by atoms with E-state index in [2.05, 4.69) is 20.2 Å². The van der Waals surface area contributed by atoms with Gasteiger partial charge in [0.2, 0.25) is 11.8 Å². The van der Waals surface area contributed by atoms with E-state index in [0.717, 1.165) is 37.2 Å². The van der Waals surface area contributed by atoms with E-state index in [1.54, 1.807) is 18.3 Å². The van der Waals surface area contributed by atoms with E-state index < -0.39 is 11.9 Å². The van der Waals surface area contributed by atoms with Crippen LogP contribution < -0.4 is 10.1 Å². The molecule has 1 N–H and O–H groups in total. The van der Waals surface area contributed by atoms with Crippen LogP contribution in [0.2, 0.25) is 0 Å². The number of likely N-dealkylation sites (tertiary alicyclic amines) is 1. The highest BCUT2D eigenvalue weighted by atomic mass is 19.1. The number of aromatic nitrogens is 2.